The van der Waals surface area contributed by atoms with Crippen molar-refractivity contribution in [3.05, 3.63) is 30.3 Å². The van der Waals surface area contributed by atoms with E-state index in [0.717, 1.165) is 0 Å². The zero-order valence-electron chi connectivity index (χ0n) is 10.5. The zero-order valence-corrected chi connectivity index (χ0v) is 10.4. The molecule has 6 nitrogen and oxygen atoms in total. The Morgan fingerprint density at radius 1 is 1.35 bits per heavy atom. The Bertz CT molecular complexity index is 453. The molecule has 0 bridgehead atoms. The predicted molar refractivity (Wildman–Crippen MR) is 57.3 cm³/mol. The first-order chi connectivity index (χ1) is 7.53. The molecule has 0 aromatic heterocycles. The van der Waals surface area contributed by atoms with Crippen LogP contribution < -0.4 is 28.3 Å². The van der Waals surface area contributed by atoms with Crippen LogP contribution >= 0.6 is 0 Å². The van der Waals surface area contributed by atoms with Gasteiger partial charge in [-0.3, -0.25) is 4.18 Å². The van der Waals surface area contributed by atoms with Crippen LogP contribution in [0.3, 0.4) is 0 Å². The Balaban J connectivity index is 0. The molecular formula is C9H12LiNO5S. The molecule has 0 radical (unpaired) electrons. The van der Waals surface area contributed by atoms with E-state index in [1.807, 2.05) is 0 Å². The number of benzene rings is 1. The van der Waals surface area contributed by atoms with Gasteiger partial charge in [-0.15, -0.1) is 0 Å². The molecule has 0 saturated carbocycles. The molecule has 8 heteroatoms. The van der Waals surface area contributed by atoms with Crippen molar-refractivity contribution in [1.82, 2.24) is 4.72 Å². The second-order valence-corrected chi connectivity index (χ2v) is 4.01. The molecule has 0 spiro atoms. The quantitative estimate of drug-likeness (QED) is 0.638. The van der Waals surface area contributed by atoms with Gasteiger partial charge in [0.05, 0.1) is 6.61 Å². The number of hydrogen-bond donors (Lipinski definition) is 1. The van der Waals surface area contributed by atoms with Crippen LogP contribution in [0.1, 0.15) is 8.35 Å². The molecule has 1 rings (SSSR count). The first kappa shape index (κ1) is 16.0. The molecule has 1 aromatic rings. The van der Waals surface area contributed by atoms with E-state index in [1.54, 1.807) is 22.9 Å². The summed E-state index contributed by atoms with van der Waals surface area (Å²) in [5, 5.41) is 0. The summed E-state index contributed by atoms with van der Waals surface area (Å²) in [6, 6.07) is 8.08. The van der Waals surface area contributed by atoms with Crippen molar-refractivity contribution in [1.29, 1.82) is 0 Å². The molecule has 0 saturated heterocycles. The number of ether oxygens (including phenoxy) is 1. The molecule has 17 heavy (non-hydrogen) atoms. The van der Waals surface area contributed by atoms with Crippen LogP contribution in [-0.4, -0.2) is 21.1 Å². The van der Waals surface area contributed by atoms with Gasteiger partial charge in [-0.05, 0) is 19.1 Å². The summed E-state index contributed by atoms with van der Waals surface area (Å²) in [5.41, 5.74) is 0. The minimum Gasteiger partial charge on any atom is -1.00 e. The van der Waals surface area contributed by atoms with Crippen LogP contribution in [0.4, 0.5) is 4.79 Å². The summed E-state index contributed by atoms with van der Waals surface area (Å²) in [7, 11) is -4.08. The third kappa shape index (κ3) is 6.34. The fourth-order valence-electron chi connectivity index (χ4n) is 0.903. The second-order valence-electron chi connectivity index (χ2n) is 2.67. The van der Waals surface area contributed by atoms with Crippen LogP contribution in [-0.2, 0) is 14.5 Å². The smallest absolute Gasteiger partial charge is 1.00 e. The number of para-hydroxylation sites is 1. The third-order valence-corrected chi connectivity index (χ3v) is 2.40. The van der Waals surface area contributed by atoms with E-state index in [-0.39, 0.29) is 32.6 Å². The van der Waals surface area contributed by atoms with Gasteiger partial charge in [0.25, 0.3) is 0 Å². The van der Waals surface area contributed by atoms with E-state index >= 15 is 0 Å². The van der Waals surface area contributed by atoms with Crippen LogP contribution in [0, 0.1) is 0 Å². The fraction of sp³-hybridized carbons (Fsp3) is 0.222. The number of rotatable bonds is 4. The number of carbonyl (C=O) groups excluding carboxylic acids is 1. The molecule has 0 fully saturated rings. The first-order valence-electron chi connectivity index (χ1n) is 4.47. The number of carbonyl (C=O) groups is 1. The van der Waals surface area contributed by atoms with Gasteiger partial charge in [0, 0.05) is 0 Å². The van der Waals surface area contributed by atoms with E-state index < -0.39 is 16.4 Å². The van der Waals surface area contributed by atoms with E-state index in [0.29, 0.717) is 0 Å². The molecule has 0 aliphatic carbocycles. The van der Waals surface area contributed by atoms with Crippen molar-refractivity contribution < 1.29 is 42.4 Å². The van der Waals surface area contributed by atoms with Crippen LogP contribution in [0.5, 0.6) is 5.75 Å². The second kappa shape index (κ2) is 7.35. The molecule has 0 aliphatic rings. The topological polar surface area (TPSA) is 81.7 Å². The monoisotopic (exact) mass is 253 g/mol. The van der Waals surface area contributed by atoms with Crippen molar-refractivity contribution in [2.75, 3.05) is 6.61 Å². The van der Waals surface area contributed by atoms with Gasteiger partial charge in [0.1, 0.15) is 5.75 Å². The predicted octanol–water partition coefficient (Wildman–Crippen LogP) is -1.83. The summed E-state index contributed by atoms with van der Waals surface area (Å²) in [5.74, 6) is 0.242. The maximum atomic E-state index is 11.1. The van der Waals surface area contributed by atoms with Crippen molar-refractivity contribution in [2.45, 2.75) is 6.92 Å². The standard InChI is InChI=1S/C9H11NO5S.Li.H/c1-2-14-16(12,13)10-9(11)15-8-6-4-3-5-7-8;;/h3-7H,2H2,1H3,(H,10,11);;/q;+1;-1. The summed E-state index contributed by atoms with van der Waals surface area (Å²) in [4.78, 5) is 11.1. The van der Waals surface area contributed by atoms with Crippen LogP contribution in [0.15, 0.2) is 30.3 Å². The number of nitrogens with one attached hydrogen (secondary N) is 1. The minimum absolute atomic E-state index is 0. The van der Waals surface area contributed by atoms with Gasteiger partial charge in [-0.1, -0.05) is 18.2 Å². The number of hydrogen-bond acceptors (Lipinski definition) is 5. The van der Waals surface area contributed by atoms with Crippen LogP contribution in [0.25, 0.3) is 0 Å². The summed E-state index contributed by atoms with van der Waals surface area (Å²) >= 11 is 0. The SMILES string of the molecule is CCOS(=O)(=O)NC(=O)Oc1ccccc1.[H-].[Li+]. The normalized spacial score (nSPS) is 10.2. The minimum atomic E-state index is -4.08. The average molecular weight is 253 g/mol. The van der Waals surface area contributed by atoms with E-state index in [4.69, 9.17) is 0 Å². The summed E-state index contributed by atoms with van der Waals surface area (Å²) in [6.45, 7) is 1.43. The van der Waals surface area contributed by atoms with E-state index in [2.05, 4.69) is 8.92 Å². The van der Waals surface area contributed by atoms with Gasteiger partial charge in [-0.2, -0.15) is 13.1 Å². The molecule has 0 unspecified atom stereocenters. The van der Waals surface area contributed by atoms with Crippen molar-refractivity contribution in [2.24, 2.45) is 0 Å². The van der Waals surface area contributed by atoms with Gasteiger partial charge in [0.2, 0.25) is 0 Å². The molecule has 0 heterocycles. The van der Waals surface area contributed by atoms with E-state index in [9.17, 15) is 13.2 Å². The molecule has 1 amide bonds. The zero-order chi connectivity index (χ0) is 12.0. The third-order valence-electron chi connectivity index (χ3n) is 1.44. The molecule has 1 N–H and O–H groups in total. The van der Waals surface area contributed by atoms with Crippen molar-refractivity contribution in [3.8, 4) is 5.75 Å². The Morgan fingerprint density at radius 2 is 1.94 bits per heavy atom. The molecule has 1 aromatic carbocycles. The van der Waals surface area contributed by atoms with Crippen LogP contribution in [0.2, 0.25) is 0 Å². The molecule has 0 aliphatic heterocycles. The fourth-order valence-corrected chi connectivity index (χ4v) is 1.52. The largest absolute Gasteiger partial charge is 1.00 e. The maximum absolute atomic E-state index is 11.1. The Hall–Kier alpha value is -1.00. The Morgan fingerprint density at radius 3 is 2.47 bits per heavy atom. The number of amides is 1. The van der Waals surface area contributed by atoms with Gasteiger partial charge >= 0.3 is 35.3 Å². The summed E-state index contributed by atoms with van der Waals surface area (Å²) < 4.78 is 32.6. The molecular weight excluding hydrogens is 241 g/mol. The Labute approximate surface area is 113 Å². The van der Waals surface area contributed by atoms with E-state index in [1.165, 1.54) is 19.1 Å². The molecule has 90 valence electrons. The maximum Gasteiger partial charge on any atom is 1.00 e. The van der Waals surface area contributed by atoms with Crippen molar-refractivity contribution in [3.63, 3.8) is 0 Å². The Kier molecular flexibility index (Phi) is 6.91. The van der Waals surface area contributed by atoms with Gasteiger partial charge in [-0.25, -0.2) is 4.79 Å². The average Bonchev–Trinajstić information content (AvgIpc) is 2.17. The molecule has 0 atom stereocenters. The first-order valence-corrected chi connectivity index (χ1v) is 5.88. The van der Waals surface area contributed by atoms with Crippen molar-refractivity contribution >= 4 is 16.4 Å². The summed E-state index contributed by atoms with van der Waals surface area (Å²) in [6.07, 6.45) is -1.11. The van der Waals surface area contributed by atoms with Gasteiger partial charge < -0.3 is 6.16 Å². The van der Waals surface area contributed by atoms with Gasteiger partial charge in [0.15, 0.2) is 0 Å².